The number of rotatable bonds is 5. The summed E-state index contributed by atoms with van der Waals surface area (Å²) in [6.45, 7) is 7.51. The predicted molar refractivity (Wildman–Crippen MR) is 91.2 cm³/mol. The second-order valence-electron chi connectivity index (χ2n) is 6.85. The van der Waals surface area contributed by atoms with Gasteiger partial charge in [-0.1, -0.05) is 44.2 Å². The van der Waals surface area contributed by atoms with Crippen LogP contribution in [0.3, 0.4) is 0 Å². The van der Waals surface area contributed by atoms with Crippen LogP contribution in [0, 0.1) is 5.92 Å². The Morgan fingerprint density at radius 3 is 2.79 bits per heavy atom. The lowest BCUT2D eigenvalue weighted by molar-refractivity contribution is -0.135. The van der Waals surface area contributed by atoms with E-state index in [1.54, 1.807) is 0 Å². The first kappa shape index (κ1) is 16.6. The molecule has 2 aromatic rings. The lowest BCUT2D eigenvalue weighted by Gasteiger charge is -2.35. The first-order chi connectivity index (χ1) is 11.5. The third-order valence-electron chi connectivity index (χ3n) is 4.37. The molecule has 1 unspecified atom stereocenters. The fraction of sp³-hybridized carbons (Fsp3) is 0.500. The predicted octanol–water partition coefficient (Wildman–Crippen LogP) is 2.35. The molecule has 3 rings (SSSR count). The number of amides is 1. The summed E-state index contributed by atoms with van der Waals surface area (Å²) in [6.07, 6.45) is 0.948. The molecule has 0 saturated carbocycles. The number of ether oxygens (including phenoxy) is 1. The van der Waals surface area contributed by atoms with Crippen LogP contribution >= 0.6 is 0 Å². The molecule has 1 aromatic heterocycles. The summed E-state index contributed by atoms with van der Waals surface area (Å²) >= 11 is 0. The van der Waals surface area contributed by atoms with Gasteiger partial charge in [-0.3, -0.25) is 9.36 Å². The Kier molecular flexibility index (Phi) is 4.66. The highest BCUT2D eigenvalue weighted by atomic mass is 16.5. The first-order valence-electron chi connectivity index (χ1n) is 8.38. The fourth-order valence-corrected chi connectivity index (χ4v) is 2.94. The number of carbonyl (C=O) groups excluding carboxylic acids is 1. The number of benzene rings is 1. The summed E-state index contributed by atoms with van der Waals surface area (Å²) in [5.41, 5.74) is 0.0959. The second kappa shape index (κ2) is 6.73. The number of nitrogens with one attached hydrogen (secondary N) is 1. The van der Waals surface area contributed by atoms with Gasteiger partial charge in [0.05, 0.1) is 6.61 Å². The van der Waals surface area contributed by atoms with Gasteiger partial charge in [0.1, 0.15) is 12.1 Å². The van der Waals surface area contributed by atoms with Crippen molar-refractivity contribution in [1.82, 2.24) is 20.1 Å². The van der Waals surface area contributed by atoms with Crippen LogP contribution in [0.25, 0.3) is 11.4 Å². The maximum atomic E-state index is 12.9. The van der Waals surface area contributed by atoms with Gasteiger partial charge in [0, 0.05) is 12.1 Å². The van der Waals surface area contributed by atoms with Gasteiger partial charge in [-0.25, -0.2) is 0 Å². The molecule has 1 atom stereocenters. The molecular weight excluding hydrogens is 304 g/mol. The van der Waals surface area contributed by atoms with Gasteiger partial charge in [0.2, 0.25) is 5.91 Å². The molecule has 1 aliphatic rings. The van der Waals surface area contributed by atoms with E-state index in [4.69, 9.17) is 4.74 Å². The molecule has 2 heterocycles. The average molecular weight is 328 g/mol. The van der Waals surface area contributed by atoms with E-state index >= 15 is 0 Å². The normalized spacial score (nSPS) is 20.0. The van der Waals surface area contributed by atoms with Crippen LogP contribution in [-0.4, -0.2) is 33.8 Å². The third-order valence-corrected chi connectivity index (χ3v) is 4.37. The van der Waals surface area contributed by atoms with Crippen LogP contribution < -0.4 is 5.32 Å². The Morgan fingerprint density at radius 2 is 2.08 bits per heavy atom. The van der Waals surface area contributed by atoms with Gasteiger partial charge in [-0.05, 0) is 19.3 Å². The van der Waals surface area contributed by atoms with Crippen LogP contribution in [-0.2, 0) is 21.7 Å². The van der Waals surface area contributed by atoms with E-state index in [0.29, 0.717) is 37.3 Å². The highest BCUT2D eigenvalue weighted by Gasteiger charge is 2.42. The molecule has 0 radical (unpaired) electrons. The van der Waals surface area contributed by atoms with Crippen molar-refractivity contribution in [3.8, 4) is 11.4 Å². The number of hydrogen-bond donors (Lipinski definition) is 1. The SMILES string of the molecule is CC(C)CCNC(=O)C1(C)COCc2nnc(-c3ccccc3)n21. The van der Waals surface area contributed by atoms with E-state index in [2.05, 4.69) is 29.4 Å². The van der Waals surface area contributed by atoms with Crippen molar-refractivity contribution in [2.75, 3.05) is 13.2 Å². The van der Waals surface area contributed by atoms with Crippen LogP contribution in [0.4, 0.5) is 0 Å². The van der Waals surface area contributed by atoms with E-state index in [0.717, 1.165) is 12.0 Å². The topological polar surface area (TPSA) is 69.0 Å². The lowest BCUT2D eigenvalue weighted by atomic mass is 9.99. The van der Waals surface area contributed by atoms with E-state index in [9.17, 15) is 4.79 Å². The molecule has 1 amide bonds. The zero-order valence-electron chi connectivity index (χ0n) is 14.5. The highest BCUT2D eigenvalue weighted by molar-refractivity contribution is 5.85. The number of fused-ring (bicyclic) bond motifs is 1. The van der Waals surface area contributed by atoms with Crippen molar-refractivity contribution in [2.45, 2.75) is 39.3 Å². The standard InChI is InChI=1S/C18H24N4O2/c1-13(2)9-10-19-17(23)18(3)12-24-11-15-20-21-16(22(15)18)14-7-5-4-6-8-14/h4-8,13H,9-12H2,1-3H3,(H,19,23). The average Bonchev–Trinajstić information content (AvgIpc) is 3.01. The molecule has 24 heavy (non-hydrogen) atoms. The summed E-state index contributed by atoms with van der Waals surface area (Å²) in [7, 11) is 0. The summed E-state index contributed by atoms with van der Waals surface area (Å²) < 4.78 is 7.55. The van der Waals surface area contributed by atoms with Gasteiger partial charge in [-0.15, -0.1) is 10.2 Å². The Hall–Kier alpha value is -2.21. The summed E-state index contributed by atoms with van der Waals surface area (Å²) in [6, 6.07) is 9.82. The highest BCUT2D eigenvalue weighted by Crippen LogP contribution is 2.30. The molecule has 1 aromatic carbocycles. The molecule has 1 aliphatic heterocycles. The molecule has 0 spiro atoms. The van der Waals surface area contributed by atoms with Gasteiger partial charge < -0.3 is 10.1 Å². The Bertz CT molecular complexity index is 711. The van der Waals surface area contributed by atoms with Crippen LogP contribution in [0.15, 0.2) is 30.3 Å². The van der Waals surface area contributed by atoms with Gasteiger partial charge in [0.15, 0.2) is 11.6 Å². The Labute approximate surface area is 142 Å². The number of nitrogens with zero attached hydrogens (tertiary/aromatic N) is 3. The lowest BCUT2D eigenvalue weighted by Crippen LogP contribution is -2.53. The molecule has 6 nitrogen and oxygen atoms in total. The molecule has 1 N–H and O–H groups in total. The van der Waals surface area contributed by atoms with Crippen molar-refractivity contribution in [3.63, 3.8) is 0 Å². The summed E-state index contributed by atoms with van der Waals surface area (Å²) in [4.78, 5) is 12.9. The maximum absolute atomic E-state index is 12.9. The van der Waals surface area contributed by atoms with Gasteiger partial charge in [-0.2, -0.15) is 0 Å². The molecule has 0 bridgehead atoms. The minimum atomic E-state index is -0.848. The van der Waals surface area contributed by atoms with Crippen molar-refractivity contribution in [3.05, 3.63) is 36.2 Å². The van der Waals surface area contributed by atoms with Crippen molar-refractivity contribution >= 4 is 5.91 Å². The molecule has 0 aliphatic carbocycles. The quantitative estimate of drug-likeness (QED) is 0.915. The van der Waals surface area contributed by atoms with Gasteiger partial charge in [0.25, 0.3) is 0 Å². The van der Waals surface area contributed by atoms with Crippen LogP contribution in [0.1, 0.15) is 33.0 Å². The Morgan fingerprint density at radius 1 is 1.33 bits per heavy atom. The molecular formula is C18H24N4O2. The monoisotopic (exact) mass is 328 g/mol. The first-order valence-corrected chi connectivity index (χ1v) is 8.38. The third kappa shape index (κ3) is 3.06. The molecule has 6 heteroatoms. The van der Waals surface area contributed by atoms with E-state index in [1.807, 2.05) is 41.8 Å². The maximum Gasteiger partial charge on any atom is 0.248 e. The molecule has 128 valence electrons. The number of hydrogen-bond acceptors (Lipinski definition) is 4. The zero-order valence-corrected chi connectivity index (χ0v) is 14.5. The minimum Gasteiger partial charge on any atom is -0.370 e. The van der Waals surface area contributed by atoms with Crippen molar-refractivity contribution < 1.29 is 9.53 Å². The largest absolute Gasteiger partial charge is 0.370 e. The second-order valence-corrected chi connectivity index (χ2v) is 6.85. The fourth-order valence-electron chi connectivity index (χ4n) is 2.94. The molecule has 0 saturated heterocycles. The Balaban J connectivity index is 1.92. The molecule has 0 fully saturated rings. The number of carbonyl (C=O) groups is 1. The summed E-state index contributed by atoms with van der Waals surface area (Å²) in [5.74, 6) is 1.88. The smallest absolute Gasteiger partial charge is 0.248 e. The van der Waals surface area contributed by atoms with E-state index in [-0.39, 0.29) is 5.91 Å². The van der Waals surface area contributed by atoms with Crippen molar-refractivity contribution in [2.24, 2.45) is 5.92 Å². The number of aromatic nitrogens is 3. The minimum absolute atomic E-state index is 0.0546. The van der Waals surface area contributed by atoms with Gasteiger partial charge >= 0.3 is 0 Å². The summed E-state index contributed by atoms with van der Waals surface area (Å²) in [5, 5.41) is 11.6. The van der Waals surface area contributed by atoms with E-state index in [1.165, 1.54) is 0 Å². The zero-order chi connectivity index (χ0) is 17.2. The van der Waals surface area contributed by atoms with Crippen LogP contribution in [0.2, 0.25) is 0 Å². The van der Waals surface area contributed by atoms with Crippen molar-refractivity contribution in [1.29, 1.82) is 0 Å². The van der Waals surface area contributed by atoms with Crippen LogP contribution in [0.5, 0.6) is 0 Å². The van der Waals surface area contributed by atoms with E-state index < -0.39 is 5.54 Å².